The average Bonchev–Trinajstić information content (AvgIpc) is 3.23. The van der Waals surface area contributed by atoms with E-state index >= 15 is 0 Å². The fourth-order valence-corrected chi connectivity index (χ4v) is 3.48. The van der Waals surface area contributed by atoms with E-state index in [2.05, 4.69) is 30.7 Å². The summed E-state index contributed by atoms with van der Waals surface area (Å²) in [6, 6.07) is 0.699. The largest absolute Gasteiger partial charge is 0.408 e. The van der Waals surface area contributed by atoms with Crippen LogP contribution in [-0.2, 0) is 6.54 Å². The van der Waals surface area contributed by atoms with Gasteiger partial charge in [-0.15, -0.1) is 0 Å². The van der Waals surface area contributed by atoms with Gasteiger partial charge in [0.1, 0.15) is 6.54 Å². The van der Waals surface area contributed by atoms with Crippen molar-refractivity contribution < 1.29 is 27.5 Å². The molecule has 0 aromatic carbocycles. The van der Waals surface area contributed by atoms with Crippen LogP contribution in [0, 0.1) is 5.82 Å². The fourth-order valence-electron chi connectivity index (χ4n) is 3.48. The number of nitrogens with zero attached hydrogens (tertiary/aromatic N) is 5. The zero-order chi connectivity index (χ0) is 24.5. The number of carbonyl (C=O) groups excluding carboxylic acids is 1. The molecule has 1 aliphatic rings. The summed E-state index contributed by atoms with van der Waals surface area (Å²) in [5, 5.41) is 19.4. The van der Waals surface area contributed by atoms with Gasteiger partial charge in [-0.2, -0.15) is 18.3 Å². The van der Waals surface area contributed by atoms with Gasteiger partial charge < -0.3 is 21.5 Å². The summed E-state index contributed by atoms with van der Waals surface area (Å²) in [6.45, 7) is -0.317. The quantitative estimate of drug-likeness (QED) is 0.398. The van der Waals surface area contributed by atoms with Crippen LogP contribution in [-0.4, -0.2) is 67.2 Å². The second-order valence-electron chi connectivity index (χ2n) is 7.72. The maximum atomic E-state index is 14.6. The Hall–Kier alpha value is -3.65. The first-order chi connectivity index (χ1) is 16.1. The number of amides is 1. The lowest BCUT2D eigenvalue weighted by Crippen LogP contribution is -2.53. The summed E-state index contributed by atoms with van der Waals surface area (Å²) in [6.07, 6.45) is -0.393. The van der Waals surface area contributed by atoms with Crippen LogP contribution in [0.4, 0.5) is 23.4 Å². The molecule has 0 radical (unpaired) electrons. The molecule has 14 heteroatoms. The van der Waals surface area contributed by atoms with E-state index in [4.69, 9.17) is 5.73 Å². The molecular formula is C20H20F4N8O2. The highest BCUT2D eigenvalue weighted by molar-refractivity contribution is 5.97. The Kier molecular flexibility index (Phi) is 6.43. The molecule has 0 saturated carbocycles. The number of nitrogen functional groups attached to an aromatic ring is 1. The lowest BCUT2D eigenvalue weighted by Gasteiger charge is -2.29. The molecule has 1 aliphatic heterocycles. The van der Waals surface area contributed by atoms with Gasteiger partial charge in [-0.25, -0.2) is 14.4 Å². The van der Waals surface area contributed by atoms with E-state index in [1.807, 2.05) is 0 Å². The number of aromatic nitrogens is 5. The van der Waals surface area contributed by atoms with Gasteiger partial charge in [-0.1, -0.05) is 0 Å². The van der Waals surface area contributed by atoms with Crippen LogP contribution in [0.3, 0.4) is 0 Å². The molecule has 4 heterocycles. The van der Waals surface area contributed by atoms with E-state index in [0.717, 1.165) is 12.4 Å². The third-order valence-corrected chi connectivity index (χ3v) is 5.18. The monoisotopic (exact) mass is 480 g/mol. The number of nitrogens with two attached hydrogens (primary N) is 1. The van der Waals surface area contributed by atoms with Gasteiger partial charge in [0.25, 0.3) is 5.91 Å². The lowest BCUT2D eigenvalue weighted by atomic mass is 10.0. The van der Waals surface area contributed by atoms with Crippen molar-refractivity contribution in [2.24, 2.45) is 0 Å². The van der Waals surface area contributed by atoms with Gasteiger partial charge in [0.2, 0.25) is 0 Å². The van der Waals surface area contributed by atoms with Gasteiger partial charge in [-0.3, -0.25) is 14.5 Å². The molecule has 1 fully saturated rings. The predicted octanol–water partition coefficient (Wildman–Crippen LogP) is 1.14. The van der Waals surface area contributed by atoms with Gasteiger partial charge in [0.05, 0.1) is 42.1 Å². The van der Waals surface area contributed by atoms with Crippen molar-refractivity contribution in [3.8, 4) is 22.5 Å². The van der Waals surface area contributed by atoms with Gasteiger partial charge >= 0.3 is 6.18 Å². The second kappa shape index (κ2) is 9.30. The van der Waals surface area contributed by atoms with Crippen molar-refractivity contribution >= 4 is 11.7 Å². The minimum Gasteiger partial charge on any atom is -0.391 e. The standard InChI is InChI=1S/C20H20F4N8O2/c21-12-5-27-13(10-4-29-32(8-10)9-20(22,23)24)3-11(12)14-7-28-18(25)17(30-14)19(34)31-15-6-26-2-1-16(15)33/h3-5,7-8,15-16,26,33H,1-2,6,9H2,(H2,25,28)(H,31,34)/t15-,16-/m1/s1. The summed E-state index contributed by atoms with van der Waals surface area (Å²) in [5.41, 5.74) is 5.79. The van der Waals surface area contributed by atoms with E-state index in [9.17, 15) is 27.5 Å². The number of alkyl halides is 3. The third-order valence-electron chi connectivity index (χ3n) is 5.18. The molecule has 0 bridgehead atoms. The number of anilines is 1. The van der Waals surface area contributed by atoms with Crippen molar-refractivity contribution in [3.05, 3.63) is 42.4 Å². The van der Waals surface area contributed by atoms with E-state index in [0.29, 0.717) is 24.2 Å². The van der Waals surface area contributed by atoms with Gasteiger partial charge in [0, 0.05) is 23.9 Å². The van der Waals surface area contributed by atoms with Crippen LogP contribution < -0.4 is 16.4 Å². The third kappa shape index (κ3) is 5.28. The van der Waals surface area contributed by atoms with Crippen LogP contribution in [0.25, 0.3) is 22.5 Å². The van der Waals surface area contributed by atoms with Crippen LogP contribution in [0.5, 0.6) is 0 Å². The summed E-state index contributed by atoms with van der Waals surface area (Å²) in [4.78, 5) is 24.7. The summed E-state index contributed by atoms with van der Waals surface area (Å²) >= 11 is 0. The molecule has 3 aromatic heterocycles. The zero-order valence-corrected chi connectivity index (χ0v) is 17.6. The van der Waals surface area contributed by atoms with E-state index in [1.165, 1.54) is 18.5 Å². The fraction of sp³-hybridized carbons (Fsp3) is 0.350. The number of halogens is 4. The first-order valence-electron chi connectivity index (χ1n) is 10.2. The van der Waals surface area contributed by atoms with Crippen molar-refractivity contribution in [3.63, 3.8) is 0 Å². The first kappa shape index (κ1) is 23.5. The molecule has 0 aliphatic carbocycles. The molecule has 34 heavy (non-hydrogen) atoms. The lowest BCUT2D eigenvalue weighted by molar-refractivity contribution is -0.142. The van der Waals surface area contributed by atoms with Gasteiger partial charge in [0.15, 0.2) is 17.3 Å². The number of hydrogen-bond acceptors (Lipinski definition) is 8. The van der Waals surface area contributed by atoms with Crippen molar-refractivity contribution in [2.45, 2.75) is 31.3 Å². The predicted molar refractivity (Wildman–Crippen MR) is 112 cm³/mol. The number of nitrogens with one attached hydrogen (secondary N) is 2. The van der Waals surface area contributed by atoms with Crippen molar-refractivity contribution in [1.29, 1.82) is 0 Å². The highest BCUT2D eigenvalue weighted by Crippen LogP contribution is 2.27. The van der Waals surface area contributed by atoms with E-state index < -0.39 is 36.6 Å². The van der Waals surface area contributed by atoms with Crippen LogP contribution in [0.15, 0.2) is 30.9 Å². The van der Waals surface area contributed by atoms with Crippen molar-refractivity contribution in [2.75, 3.05) is 18.8 Å². The number of piperidine rings is 1. The van der Waals surface area contributed by atoms with Crippen LogP contribution >= 0.6 is 0 Å². The molecule has 180 valence electrons. The van der Waals surface area contributed by atoms with E-state index in [1.54, 1.807) is 0 Å². The number of pyridine rings is 1. The Bertz CT molecular complexity index is 1200. The topological polar surface area (TPSA) is 144 Å². The normalized spacial score (nSPS) is 18.6. The summed E-state index contributed by atoms with van der Waals surface area (Å²) < 4.78 is 53.1. The highest BCUT2D eigenvalue weighted by Gasteiger charge is 2.29. The van der Waals surface area contributed by atoms with Gasteiger partial charge in [-0.05, 0) is 19.0 Å². The van der Waals surface area contributed by atoms with Crippen molar-refractivity contribution in [1.82, 2.24) is 35.4 Å². The maximum absolute atomic E-state index is 14.6. The molecule has 4 rings (SSSR count). The number of hydrogen-bond donors (Lipinski definition) is 4. The summed E-state index contributed by atoms with van der Waals surface area (Å²) in [5.74, 6) is -1.67. The minimum atomic E-state index is -4.45. The maximum Gasteiger partial charge on any atom is 0.408 e. The Balaban J connectivity index is 1.61. The SMILES string of the molecule is Nc1ncc(-c2cc(-c3cnn(CC(F)(F)F)c3)ncc2F)nc1C(=O)N[C@@H]1CNCC[C@H]1O. The molecule has 2 atom stereocenters. The molecule has 10 nitrogen and oxygen atoms in total. The minimum absolute atomic E-state index is 0.0366. The molecule has 5 N–H and O–H groups in total. The number of aliphatic hydroxyl groups is 1. The molecule has 1 saturated heterocycles. The average molecular weight is 480 g/mol. The number of aliphatic hydroxyl groups excluding tert-OH is 1. The summed E-state index contributed by atoms with van der Waals surface area (Å²) in [7, 11) is 0. The molecule has 3 aromatic rings. The van der Waals surface area contributed by atoms with Crippen LogP contribution in [0.2, 0.25) is 0 Å². The Labute approximate surface area is 190 Å². The second-order valence-corrected chi connectivity index (χ2v) is 7.72. The molecule has 1 amide bonds. The smallest absolute Gasteiger partial charge is 0.391 e. The van der Waals surface area contributed by atoms with Crippen LogP contribution in [0.1, 0.15) is 16.9 Å². The Morgan fingerprint density at radius 2 is 2.06 bits per heavy atom. The molecule has 0 unspecified atom stereocenters. The Morgan fingerprint density at radius 1 is 1.26 bits per heavy atom. The zero-order valence-electron chi connectivity index (χ0n) is 17.6. The first-order valence-corrected chi connectivity index (χ1v) is 10.2. The Morgan fingerprint density at radius 3 is 2.79 bits per heavy atom. The van der Waals surface area contributed by atoms with E-state index in [-0.39, 0.29) is 34.0 Å². The highest BCUT2D eigenvalue weighted by atomic mass is 19.4. The number of carbonyl (C=O) groups is 1. The molecular weight excluding hydrogens is 460 g/mol. The molecule has 0 spiro atoms. The number of rotatable bonds is 5.